The molecule has 1 fully saturated rings. The molecule has 8 nitrogen and oxygen atoms in total. The number of hydrogen-bond donors (Lipinski definition) is 2. The molecule has 3 aromatic rings. The summed E-state index contributed by atoms with van der Waals surface area (Å²) in [5.41, 5.74) is 2.22. The number of carbonyl (C=O) groups is 1. The first kappa shape index (κ1) is 24.1. The lowest BCUT2D eigenvalue weighted by molar-refractivity contribution is 0.102. The van der Waals surface area contributed by atoms with Gasteiger partial charge in [0.25, 0.3) is 5.91 Å². The molecule has 0 bridgehead atoms. The number of piperidine rings is 1. The lowest BCUT2D eigenvalue weighted by Crippen LogP contribution is -2.29. The number of nitrogens with one attached hydrogen (secondary N) is 2. The van der Waals surface area contributed by atoms with E-state index >= 15 is 0 Å². The summed E-state index contributed by atoms with van der Waals surface area (Å²) in [6, 6.07) is 8.38. The third kappa shape index (κ3) is 5.51. The standard InChI is InChI=1S/C20H27N7O.2ClH/c1-25(2)11-12-26-10-7-15-3-4-16(13-19(15)26)22-20(28)18-14-27(24-23-18)17-5-8-21-9-6-17;;/h3-4,7,10,13-14,17,21H,5-6,8-9,11-12H2,1-2H3,(H,22,28);2*1H. The van der Waals surface area contributed by atoms with Gasteiger partial charge in [-0.3, -0.25) is 4.79 Å². The van der Waals surface area contributed by atoms with Gasteiger partial charge in [0.2, 0.25) is 0 Å². The zero-order valence-electron chi connectivity index (χ0n) is 17.2. The monoisotopic (exact) mass is 453 g/mol. The predicted octanol–water partition coefficient (Wildman–Crippen LogP) is 2.81. The summed E-state index contributed by atoms with van der Waals surface area (Å²) in [5, 5.41) is 15.7. The summed E-state index contributed by atoms with van der Waals surface area (Å²) in [5.74, 6) is -0.231. The summed E-state index contributed by atoms with van der Waals surface area (Å²) in [6.07, 6.45) is 5.85. The van der Waals surface area contributed by atoms with Crippen molar-refractivity contribution < 1.29 is 4.79 Å². The van der Waals surface area contributed by atoms with Crippen molar-refractivity contribution in [1.29, 1.82) is 0 Å². The Morgan fingerprint density at radius 3 is 2.73 bits per heavy atom. The number of halogens is 2. The van der Waals surface area contributed by atoms with Crippen molar-refractivity contribution in [1.82, 2.24) is 29.8 Å². The Morgan fingerprint density at radius 1 is 1.23 bits per heavy atom. The maximum atomic E-state index is 12.6. The molecule has 4 rings (SSSR count). The van der Waals surface area contributed by atoms with Gasteiger partial charge in [0.1, 0.15) is 0 Å². The summed E-state index contributed by atoms with van der Waals surface area (Å²) < 4.78 is 4.03. The lowest BCUT2D eigenvalue weighted by atomic mass is 10.1. The first-order valence-corrected chi connectivity index (χ1v) is 9.78. The van der Waals surface area contributed by atoms with Crippen molar-refractivity contribution in [3.63, 3.8) is 0 Å². The van der Waals surface area contributed by atoms with Crippen molar-refractivity contribution in [3.05, 3.63) is 42.4 Å². The average Bonchev–Trinajstić information content (AvgIpc) is 3.34. The second-order valence-corrected chi connectivity index (χ2v) is 7.61. The fourth-order valence-electron chi connectivity index (χ4n) is 3.59. The SMILES string of the molecule is CN(C)CCn1ccc2ccc(NC(=O)c3cn(C4CCNCC4)nn3)cc21.Cl.Cl. The number of likely N-dealkylation sites (N-methyl/N-ethyl adjacent to an activating group) is 1. The van der Waals surface area contributed by atoms with Crippen molar-refractivity contribution in [2.45, 2.75) is 25.4 Å². The Kier molecular flexibility index (Phi) is 8.66. The van der Waals surface area contributed by atoms with Gasteiger partial charge in [-0.05, 0) is 63.6 Å². The number of rotatable bonds is 6. The molecule has 3 heterocycles. The number of benzene rings is 1. The summed E-state index contributed by atoms with van der Waals surface area (Å²) >= 11 is 0. The molecular formula is C20H29Cl2N7O. The number of nitrogens with zero attached hydrogens (tertiary/aromatic N) is 5. The molecule has 0 atom stereocenters. The Morgan fingerprint density at radius 2 is 2.00 bits per heavy atom. The molecule has 2 N–H and O–H groups in total. The first-order valence-electron chi connectivity index (χ1n) is 9.78. The van der Waals surface area contributed by atoms with Crippen LogP contribution < -0.4 is 10.6 Å². The number of hydrogen-bond acceptors (Lipinski definition) is 5. The minimum atomic E-state index is -0.231. The van der Waals surface area contributed by atoms with Gasteiger partial charge in [-0.1, -0.05) is 11.3 Å². The average molecular weight is 454 g/mol. The Bertz CT molecular complexity index is 963. The molecule has 1 aliphatic heterocycles. The summed E-state index contributed by atoms with van der Waals surface area (Å²) in [7, 11) is 4.13. The van der Waals surface area contributed by atoms with Crippen LogP contribution >= 0.6 is 24.8 Å². The van der Waals surface area contributed by atoms with Crippen LogP contribution in [0.15, 0.2) is 36.7 Å². The molecule has 1 aromatic carbocycles. The summed E-state index contributed by atoms with van der Waals surface area (Å²) in [6.45, 7) is 3.80. The number of fused-ring (bicyclic) bond motifs is 1. The van der Waals surface area contributed by atoms with Crippen molar-refractivity contribution in [2.24, 2.45) is 0 Å². The third-order valence-corrected chi connectivity index (χ3v) is 5.25. The highest BCUT2D eigenvalue weighted by Crippen LogP contribution is 2.22. The minimum absolute atomic E-state index is 0. The van der Waals surface area contributed by atoms with Crippen LogP contribution in [0.4, 0.5) is 5.69 Å². The topological polar surface area (TPSA) is 80.0 Å². The van der Waals surface area contributed by atoms with E-state index in [2.05, 4.69) is 56.8 Å². The van der Waals surface area contributed by atoms with E-state index in [1.807, 2.05) is 22.9 Å². The highest BCUT2D eigenvalue weighted by atomic mass is 35.5. The molecule has 0 radical (unpaired) electrons. The van der Waals surface area contributed by atoms with Crippen LogP contribution in [0, 0.1) is 0 Å². The van der Waals surface area contributed by atoms with E-state index in [1.165, 1.54) is 0 Å². The van der Waals surface area contributed by atoms with Crippen molar-refractivity contribution in [2.75, 3.05) is 39.0 Å². The highest BCUT2D eigenvalue weighted by Gasteiger charge is 2.19. The molecule has 164 valence electrons. The van der Waals surface area contributed by atoms with Gasteiger partial charge >= 0.3 is 0 Å². The van der Waals surface area contributed by atoms with Crippen LogP contribution in [-0.2, 0) is 6.54 Å². The molecule has 0 aliphatic carbocycles. The van der Waals surface area contributed by atoms with E-state index in [4.69, 9.17) is 0 Å². The van der Waals surface area contributed by atoms with Gasteiger partial charge < -0.3 is 20.1 Å². The van der Waals surface area contributed by atoms with Crippen LogP contribution in [-0.4, -0.2) is 64.1 Å². The van der Waals surface area contributed by atoms with Gasteiger partial charge in [0, 0.05) is 25.0 Å². The van der Waals surface area contributed by atoms with E-state index in [0.717, 1.165) is 55.6 Å². The third-order valence-electron chi connectivity index (χ3n) is 5.25. The van der Waals surface area contributed by atoms with Crippen LogP contribution in [0.2, 0.25) is 0 Å². The molecular weight excluding hydrogens is 425 g/mol. The van der Waals surface area contributed by atoms with Gasteiger partial charge in [-0.2, -0.15) is 0 Å². The van der Waals surface area contributed by atoms with Gasteiger partial charge in [0.05, 0.1) is 17.8 Å². The molecule has 0 unspecified atom stereocenters. The van der Waals surface area contributed by atoms with Crippen LogP contribution in [0.25, 0.3) is 10.9 Å². The largest absolute Gasteiger partial charge is 0.346 e. The smallest absolute Gasteiger partial charge is 0.277 e. The number of aromatic nitrogens is 4. The first-order chi connectivity index (χ1) is 13.6. The van der Waals surface area contributed by atoms with E-state index in [1.54, 1.807) is 6.20 Å². The van der Waals surface area contributed by atoms with E-state index in [9.17, 15) is 4.79 Å². The fraction of sp³-hybridized carbons (Fsp3) is 0.450. The lowest BCUT2D eigenvalue weighted by Gasteiger charge is -2.22. The normalized spacial score (nSPS) is 14.4. The molecule has 0 saturated carbocycles. The maximum absolute atomic E-state index is 12.6. The Labute approximate surface area is 188 Å². The summed E-state index contributed by atoms with van der Waals surface area (Å²) in [4.78, 5) is 14.8. The molecule has 1 aliphatic rings. The van der Waals surface area contributed by atoms with E-state index in [0.29, 0.717) is 11.7 Å². The Balaban J connectivity index is 0.00000160. The molecule has 30 heavy (non-hydrogen) atoms. The fourth-order valence-corrected chi connectivity index (χ4v) is 3.59. The molecule has 1 amide bonds. The Hall–Kier alpha value is -2.13. The van der Waals surface area contributed by atoms with Crippen molar-refractivity contribution >= 4 is 47.3 Å². The van der Waals surface area contributed by atoms with Gasteiger partial charge in [-0.15, -0.1) is 29.9 Å². The van der Waals surface area contributed by atoms with Crippen LogP contribution in [0.3, 0.4) is 0 Å². The zero-order chi connectivity index (χ0) is 19.5. The maximum Gasteiger partial charge on any atom is 0.277 e. The second-order valence-electron chi connectivity index (χ2n) is 7.61. The van der Waals surface area contributed by atoms with E-state index in [-0.39, 0.29) is 30.7 Å². The predicted molar refractivity (Wildman–Crippen MR) is 124 cm³/mol. The highest BCUT2D eigenvalue weighted by molar-refractivity contribution is 6.03. The minimum Gasteiger partial charge on any atom is -0.346 e. The van der Waals surface area contributed by atoms with Gasteiger partial charge in [-0.25, -0.2) is 4.68 Å². The number of amides is 1. The molecule has 1 saturated heterocycles. The van der Waals surface area contributed by atoms with Crippen LogP contribution in [0.1, 0.15) is 29.4 Å². The van der Waals surface area contributed by atoms with Gasteiger partial charge in [0.15, 0.2) is 5.69 Å². The second kappa shape index (κ2) is 10.8. The van der Waals surface area contributed by atoms with Crippen molar-refractivity contribution in [3.8, 4) is 0 Å². The quantitative estimate of drug-likeness (QED) is 0.599. The van der Waals surface area contributed by atoms with E-state index < -0.39 is 0 Å². The van der Waals surface area contributed by atoms with Crippen LogP contribution in [0.5, 0.6) is 0 Å². The molecule has 10 heteroatoms. The number of carbonyl (C=O) groups excluding carboxylic acids is 1. The number of anilines is 1. The molecule has 2 aromatic heterocycles. The zero-order valence-corrected chi connectivity index (χ0v) is 18.9. The molecule has 0 spiro atoms.